The van der Waals surface area contributed by atoms with Gasteiger partial charge < -0.3 is 9.64 Å². The molecule has 2 aromatic rings. The van der Waals surface area contributed by atoms with Crippen molar-refractivity contribution in [2.24, 2.45) is 0 Å². The van der Waals surface area contributed by atoms with Crippen LogP contribution in [0.3, 0.4) is 0 Å². The molecule has 0 unspecified atom stereocenters. The van der Waals surface area contributed by atoms with Gasteiger partial charge in [-0.05, 0) is 19.3 Å². The molecule has 124 valence electrons. The monoisotopic (exact) mass is 334 g/mol. The minimum absolute atomic E-state index is 0.101. The van der Waals surface area contributed by atoms with E-state index >= 15 is 0 Å². The van der Waals surface area contributed by atoms with E-state index in [1.807, 2.05) is 16.5 Å². The molecule has 2 aliphatic heterocycles. The number of nitrogens with zero attached hydrogens (tertiary/aromatic N) is 4. The van der Waals surface area contributed by atoms with Gasteiger partial charge in [0.2, 0.25) is 0 Å². The summed E-state index contributed by atoms with van der Waals surface area (Å²) in [6, 6.07) is 0. The van der Waals surface area contributed by atoms with E-state index < -0.39 is 0 Å². The lowest BCUT2D eigenvalue weighted by molar-refractivity contribution is 0.0333. The predicted octanol–water partition coefficient (Wildman–Crippen LogP) is 1.85. The second-order valence-electron chi connectivity index (χ2n) is 6.20. The lowest BCUT2D eigenvalue weighted by Gasteiger charge is -2.28. The molecule has 7 heteroatoms. The first-order valence-electron chi connectivity index (χ1n) is 8.37. The molecule has 0 saturated carbocycles. The van der Waals surface area contributed by atoms with E-state index in [1.54, 1.807) is 11.3 Å². The summed E-state index contributed by atoms with van der Waals surface area (Å²) in [6.45, 7) is 5.84. The first-order valence-corrected chi connectivity index (χ1v) is 9.25. The van der Waals surface area contributed by atoms with Crippen molar-refractivity contribution in [1.29, 1.82) is 0 Å². The number of aromatic nitrogens is 2. The van der Waals surface area contributed by atoms with Crippen LogP contribution in [0.15, 0.2) is 11.6 Å². The van der Waals surface area contributed by atoms with Crippen LogP contribution in [-0.4, -0.2) is 64.5 Å². The largest absolute Gasteiger partial charge is 0.379 e. The molecule has 6 nitrogen and oxygen atoms in total. The van der Waals surface area contributed by atoms with Crippen LogP contribution >= 0.6 is 11.3 Å². The summed E-state index contributed by atoms with van der Waals surface area (Å²) in [7, 11) is 0. The standard InChI is InChI=1S/C16H22N4O2S/c21-15(19-4-2-1-3-5-19)14-13(12-18-6-9-22-10-7-18)20-8-11-23-16(20)17-14/h8,11H,1-7,9-10,12H2. The van der Waals surface area contributed by atoms with Crippen LogP contribution in [-0.2, 0) is 11.3 Å². The van der Waals surface area contributed by atoms with E-state index in [1.165, 1.54) is 6.42 Å². The quantitative estimate of drug-likeness (QED) is 0.860. The van der Waals surface area contributed by atoms with Crippen molar-refractivity contribution < 1.29 is 9.53 Å². The Hall–Kier alpha value is -1.44. The molecule has 23 heavy (non-hydrogen) atoms. The second kappa shape index (κ2) is 6.59. The summed E-state index contributed by atoms with van der Waals surface area (Å²) in [4.78, 5) is 22.8. The number of hydrogen-bond donors (Lipinski definition) is 0. The Morgan fingerprint density at radius 1 is 1.17 bits per heavy atom. The fourth-order valence-corrected chi connectivity index (χ4v) is 4.11. The van der Waals surface area contributed by atoms with Gasteiger partial charge in [0, 0.05) is 44.3 Å². The van der Waals surface area contributed by atoms with Gasteiger partial charge in [0.25, 0.3) is 5.91 Å². The highest BCUT2D eigenvalue weighted by atomic mass is 32.1. The van der Waals surface area contributed by atoms with E-state index in [4.69, 9.17) is 4.74 Å². The molecule has 2 fully saturated rings. The third-order valence-corrected chi connectivity index (χ3v) is 5.44. The predicted molar refractivity (Wildman–Crippen MR) is 88.9 cm³/mol. The number of piperidine rings is 1. The highest BCUT2D eigenvalue weighted by molar-refractivity contribution is 7.15. The highest BCUT2D eigenvalue weighted by Gasteiger charge is 2.26. The van der Waals surface area contributed by atoms with Crippen molar-refractivity contribution in [1.82, 2.24) is 19.2 Å². The summed E-state index contributed by atoms with van der Waals surface area (Å²) in [6.07, 6.45) is 5.46. The zero-order valence-electron chi connectivity index (χ0n) is 13.2. The third-order valence-electron chi connectivity index (χ3n) is 4.68. The van der Waals surface area contributed by atoms with Gasteiger partial charge in [0.1, 0.15) is 0 Å². The average Bonchev–Trinajstić information content (AvgIpc) is 3.19. The van der Waals surface area contributed by atoms with Crippen LogP contribution in [0.25, 0.3) is 4.96 Å². The number of imidazole rings is 1. The smallest absolute Gasteiger partial charge is 0.274 e. The van der Waals surface area contributed by atoms with Crippen molar-refractivity contribution in [3.05, 3.63) is 23.0 Å². The lowest BCUT2D eigenvalue weighted by atomic mass is 10.1. The summed E-state index contributed by atoms with van der Waals surface area (Å²) in [5.74, 6) is 0.101. The van der Waals surface area contributed by atoms with E-state index in [0.717, 1.165) is 69.4 Å². The molecular formula is C16H22N4O2S. The number of carbonyl (C=O) groups is 1. The molecule has 0 N–H and O–H groups in total. The van der Waals surface area contributed by atoms with Crippen molar-refractivity contribution in [3.63, 3.8) is 0 Å². The van der Waals surface area contributed by atoms with Crippen LogP contribution in [0.2, 0.25) is 0 Å². The van der Waals surface area contributed by atoms with Crippen LogP contribution in [0, 0.1) is 0 Å². The van der Waals surface area contributed by atoms with Crippen molar-refractivity contribution >= 4 is 22.2 Å². The van der Waals surface area contributed by atoms with Crippen molar-refractivity contribution in [2.45, 2.75) is 25.8 Å². The fraction of sp³-hybridized carbons (Fsp3) is 0.625. The summed E-state index contributed by atoms with van der Waals surface area (Å²) in [5.41, 5.74) is 1.67. The Bertz CT molecular complexity index is 683. The molecule has 2 aliphatic rings. The maximum atomic E-state index is 12.9. The normalized spacial score (nSPS) is 20.3. The summed E-state index contributed by atoms with van der Waals surface area (Å²) in [5, 5.41) is 2.03. The minimum atomic E-state index is 0.101. The van der Waals surface area contributed by atoms with Crippen molar-refractivity contribution in [2.75, 3.05) is 39.4 Å². The van der Waals surface area contributed by atoms with Crippen LogP contribution in [0.4, 0.5) is 0 Å². The Morgan fingerprint density at radius 3 is 2.74 bits per heavy atom. The topological polar surface area (TPSA) is 50.1 Å². The molecule has 0 spiro atoms. The molecule has 0 atom stereocenters. The number of thiazole rings is 1. The number of rotatable bonds is 3. The van der Waals surface area contributed by atoms with Gasteiger partial charge in [-0.25, -0.2) is 4.98 Å². The molecule has 0 bridgehead atoms. The second-order valence-corrected chi connectivity index (χ2v) is 7.08. The molecule has 2 saturated heterocycles. The Morgan fingerprint density at radius 2 is 1.96 bits per heavy atom. The maximum Gasteiger partial charge on any atom is 0.274 e. The highest BCUT2D eigenvalue weighted by Crippen LogP contribution is 2.22. The Labute approximate surface area is 139 Å². The van der Waals surface area contributed by atoms with Crippen LogP contribution < -0.4 is 0 Å². The number of ether oxygens (including phenoxy) is 1. The zero-order valence-corrected chi connectivity index (χ0v) is 14.1. The van der Waals surface area contributed by atoms with Gasteiger partial charge in [-0.2, -0.15) is 0 Å². The molecule has 4 rings (SSSR count). The fourth-order valence-electron chi connectivity index (χ4n) is 3.37. The Balaban J connectivity index is 1.63. The van der Waals surface area contributed by atoms with Gasteiger partial charge >= 0.3 is 0 Å². The van der Waals surface area contributed by atoms with Crippen LogP contribution in [0.1, 0.15) is 35.4 Å². The van der Waals surface area contributed by atoms with Gasteiger partial charge in [0.15, 0.2) is 10.7 Å². The first kappa shape index (κ1) is 15.1. The molecule has 4 heterocycles. The zero-order chi connectivity index (χ0) is 15.6. The molecule has 2 aromatic heterocycles. The number of amides is 1. The SMILES string of the molecule is O=C(c1nc2sccn2c1CN1CCOCC1)N1CCCCC1. The third kappa shape index (κ3) is 3.00. The van der Waals surface area contributed by atoms with Gasteiger partial charge in [-0.3, -0.25) is 14.1 Å². The van der Waals surface area contributed by atoms with Gasteiger partial charge in [-0.15, -0.1) is 11.3 Å². The van der Waals surface area contributed by atoms with E-state index in [0.29, 0.717) is 5.69 Å². The minimum Gasteiger partial charge on any atom is -0.379 e. The van der Waals surface area contributed by atoms with Crippen LogP contribution in [0.5, 0.6) is 0 Å². The summed E-state index contributed by atoms with van der Waals surface area (Å²) < 4.78 is 7.51. The molecule has 0 radical (unpaired) electrons. The van der Waals surface area contributed by atoms with E-state index in [9.17, 15) is 4.79 Å². The molecule has 1 amide bonds. The van der Waals surface area contributed by atoms with Gasteiger partial charge in [0.05, 0.1) is 18.9 Å². The Kier molecular flexibility index (Phi) is 4.33. The lowest BCUT2D eigenvalue weighted by Crippen LogP contribution is -2.38. The van der Waals surface area contributed by atoms with Gasteiger partial charge in [-0.1, -0.05) is 0 Å². The maximum absolute atomic E-state index is 12.9. The average molecular weight is 334 g/mol. The van der Waals surface area contributed by atoms with Crippen molar-refractivity contribution in [3.8, 4) is 0 Å². The van der Waals surface area contributed by atoms with E-state index in [2.05, 4.69) is 14.3 Å². The number of morpholine rings is 1. The number of likely N-dealkylation sites (tertiary alicyclic amines) is 1. The molecule has 0 aromatic carbocycles. The molecule has 0 aliphatic carbocycles. The summed E-state index contributed by atoms with van der Waals surface area (Å²) >= 11 is 1.59. The molecular weight excluding hydrogens is 312 g/mol. The van der Waals surface area contributed by atoms with E-state index in [-0.39, 0.29) is 5.91 Å². The number of hydrogen-bond acceptors (Lipinski definition) is 5. The first-order chi connectivity index (χ1) is 11.3. The number of fused-ring (bicyclic) bond motifs is 1. The number of carbonyl (C=O) groups excluding carboxylic acids is 1.